The molecule has 0 saturated heterocycles. The molecule has 2 aliphatic rings. The number of hydrogen-bond acceptors (Lipinski definition) is 3. The lowest BCUT2D eigenvalue weighted by Gasteiger charge is -2.19. The zero-order chi connectivity index (χ0) is 10.8. The van der Waals surface area contributed by atoms with Crippen LogP contribution in [0.2, 0.25) is 0 Å². The van der Waals surface area contributed by atoms with E-state index in [1.165, 1.54) is 0 Å². The van der Waals surface area contributed by atoms with Crippen molar-refractivity contribution in [3.05, 3.63) is 11.1 Å². The summed E-state index contributed by atoms with van der Waals surface area (Å²) in [5.74, 6) is -0.0174. The lowest BCUT2D eigenvalue weighted by Crippen LogP contribution is -2.14. The number of allylic oxidation sites excluding steroid dienone is 1. The van der Waals surface area contributed by atoms with Gasteiger partial charge >= 0.3 is 5.97 Å². The predicted octanol–water partition coefficient (Wildman–Crippen LogP) is 2.01. The number of carbonyl (C=O) groups excluding carboxylic acids is 2. The molecule has 0 radical (unpaired) electrons. The highest BCUT2D eigenvalue weighted by Crippen LogP contribution is 2.39. The molecule has 0 aromatic rings. The molecule has 0 amide bonds. The van der Waals surface area contributed by atoms with Crippen molar-refractivity contribution in [3.8, 4) is 0 Å². The van der Waals surface area contributed by atoms with Crippen LogP contribution >= 0.6 is 0 Å². The number of ketones is 1. The van der Waals surface area contributed by atoms with Crippen LogP contribution in [0.5, 0.6) is 0 Å². The van der Waals surface area contributed by atoms with Gasteiger partial charge in [0.2, 0.25) is 0 Å². The van der Waals surface area contributed by atoms with Crippen LogP contribution in [-0.2, 0) is 14.3 Å². The second-order valence-electron chi connectivity index (χ2n) is 4.17. The van der Waals surface area contributed by atoms with Gasteiger partial charge in [0.15, 0.2) is 0 Å². The molecule has 3 nitrogen and oxygen atoms in total. The fraction of sp³-hybridized carbons (Fsp3) is 0.667. The third-order valence-electron chi connectivity index (χ3n) is 3.26. The minimum absolute atomic E-state index is 0.0400. The van der Waals surface area contributed by atoms with E-state index in [1.807, 2.05) is 0 Å². The monoisotopic (exact) mass is 208 g/mol. The summed E-state index contributed by atoms with van der Waals surface area (Å²) in [6.07, 6.45) is 4.35. The molecule has 82 valence electrons. The molecule has 0 aliphatic heterocycles. The third kappa shape index (κ3) is 1.83. The van der Waals surface area contributed by atoms with Gasteiger partial charge in [-0.25, -0.2) is 4.79 Å². The first-order valence-corrected chi connectivity index (χ1v) is 5.65. The van der Waals surface area contributed by atoms with Crippen LogP contribution in [0, 0.1) is 5.92 Å². The highest BCUT2D eigenvalue weighted by molar-refractivity contribution is 6.02. The van der Waals surface area contributed by atoms with Crippen molar-refractivity contribution in [2.24, 2.45) is 5.92 Å². The fourth-order valence-electron chi connectivity index (χ4n) is 2.56. The quantitative estimate of drug-likeness (QED) is 0.652. The number of rotatable bonds is 2. The summed E-state index contributed by atoms with van der Waals surface area (Å²) in [6.45, 7) is 2.17. The Bertz CT molecular complexity index is 328. The number of hydrogen-bond donors (Lipinski definition) is 0. The Kier molecular flexibility index (Phi) is 2.89. The van der Waals surface area contributed by atoms with Crippen LogP contribution in [0.3, 0.4) is 0 Å². The van der Waals surface area contributed by atoms with Gasteiger partial charge in [-0.05, 0) is 31.8 Å². The minimum Gasteiger partial charge on any atom is -0.463 e. The van der Waals surface area contributed by atoms with E-state index in [-0.39, 0.29) is 17.7 Å². The Morgan fingerprint density at radius 2 is 2.27 bits per heavy atom. The standard InChI is InChI=1S/C12H16O3/c1-2-15-12(14)10-7-11(13)9-6-4-3-5-8(9)10/h9H,2-7H2,1H3. The lowest BCUT2D eigenvalue weighted by molar-refractivity contribution is -0.139. The second kappa shape index (κ2) is 4.17. The van der Waals surface area contributed by atoms with Crippen molar-refractivity contribution >= 4 is 11.8 Å². The van der Waals surface area contributed by atoms with Gasteiger partial charge in [-0.2, -0.15) is 0 Å². The van der Waals surface area contributed by atoms with E-state index >= 15 is 0 Å². The largest absolute Gasteiger partial charge is 0.463 e. The zero-order valence-electron chi connectivity index (χ0n) is 9.04. The molecule has 3 heteroatoms. The first-order valence-electron chi connectivity index (χ1n) is 5.65. The van der Waals surface area contributed by atoms with Gasteiger partial charge in [-0.15, -0.1) is 0 Å². The average Bonchev–Trinajstić information content (AvgIpc) is 2.58. The van der Waals surface area contributed by atoms with E-state index in [2.05, 4.69) is 0 Å². The van der Waals surface area contributed by atoms with Crippen LogP contribution in [0.25, 0.3) is 0 Å². The van der Waals surface area contributed by atoms with E-state index in [1.54, 1.807) is 6.92 Å². The Morgan fingerprint density at radius 1 is 1.47 bits per heavy atom. The highest BCUT2D eigenvalue weighted by atomic mass is 16.5. The van der Waals surface area contributed by atoms with E-state index in [0.717, 1.165) is 31.3 Å². The molecule has 15 heavy (non-hydrogen) atoms. The Balaban J connectivity index is 2.22. The molecule has 0 N–H and O–H groups in total. The van der Waals surface area contributed by atoms with Crippen LogP contribution < -0.4 is 0 Å². The van der Waals surface area contributed by atoms with Crippen molar-refractivity contribution in [1.82, 2.24) is 0 Å². The first-order chi connectivity index (χ1) is 7.24. The van der Waals surface area contributed by atoms with Crippen LogP contribution in [0.15, 0.2) is 11.1 Å². The van der Waals surface area contributed by atoms with E-state index in [0.29, 0.717) is 18.6 Å². The predicted molar refractivity (Wildman–Crippen MR) is 55.2 cm³/mol. The summed E-state index contributed by atoms with van der Waals surface area (Å²) in [5.41, 5.74) is 1.73. The second-order valence-corrected chi connectivity index (χ2v) is 4.17. The molecule has 0 heterocycles. The van der Waals surface area contributed by atoms with Gasteiger partial charge in [0.25, 0.3) is 0 Å². The summed E-state index contributed by atoms with van der Waals surface area (Å²) in [4.78, 5) is 23.3. The molecule has 0 aromatic heterocycles. The zero-order valence-corrected chi connectivity index (χ0v) is 9.04. The SMILES string of the molecule is CCOC(=O)C1=C2CCCCC2C(=O)C1. The van der Waals surface area contributed by atoms with E-state index < -0.39 is 0 Å². The van der Waals surface area contributed by atoms with Gasteiger partial charge in [0.05, 0.1) is 6.61 Å². The van der Waals surface area contributed by atoms with Gasteiger partial charge in [-0.3, -0.25) is 4.79 Å². The molecular weight excluding hydrogens is 192 g/mol. The normalized spacial score (nSPS) is 25.4. The fourth-order valence-corrected chi connectivity index (χ4v) is 2.56. The van der Waals surface area contributed by atoms with Gasteiger partial charge in [0, 0.05) is 17.9 Å². The molecule has 0 aromatic carbocycles. The topological polar surface area (TPSA) is 43.4 Å². The first kappa shape index (κ1) is 10.4. The highest BCUT2D eigenvalue weighted by Gasteiger charge is 2.37. The Hall–Kier alpha value is -1.12. The van der Waals surface area contributed by atoms with E-state index in [9.17, 15) is 9.59 Å². The summed E-state index contributed by atoms with van der Waals surface area (Å²) in [6, 6.07) is 0. The van der Waals surface area contributed by atoms with Crippen molar-refractivity contribution < 1.29 is 14.3 Å². The van der Waals surface area contributed by atoms with Gasteiger partial charge in [0.1, 0.15) is 5.78 Å². The number of fused-ring (bicyclic) bond motifs is 1. The maximum Gasteiger partial charge on any atom is 0.334 e. The number of esters is 1. The Morgan fingerprint density at radius 3 is 3.00 bits per heavy atom. The number of Topliss-reactive ketones (excluding diaryl/α,β-unsaturated/α-hetero) is 1. The molecule has 2 rings (SSSR count). The third-order valence-corrected chi connectivity index (χ3v) is 3.26. The Labute approximate surface area is 89.5 Å². The molecule has 0 bridgehead atoms. The molecule has 1 unspecified atom stereocenters. The van der Waals surface area contributed by atoms with Gasteiger partial charge < -0.3 is 4.74 Å². The molecule has 1 fully saturated rings. The maximum absolute atomic E-state index is 11.7. The summed E-state index contributed by atoms with van der Waals surface area (Å²) >= 11 is 0. The van der Waals surface area contributed by atoms with Gasteiger partial charge in [-0.1, -0.05) is 6.42 Å². The summed E-state index contributed by atoms with van der Waals surface area (Å²) in [5, 5.41) is 0. The smallest absolute Gasteiger partial charge is 0.334 e. The van der Waals surface area contributed by atoms with Crippen LogP contribution in [-0.4, -0.2) is 18.4 Å². The van der Waals surface area contributed by atoms with Crippen molar-refractivity contribution in [1.29, 1.82) is 0 Å². The molecule has 0 spiro atoms. The molecular formula is C12H16O3. The lowest BCUT2D eigenvalue weighted by atomic mass is 9.85. The van der Waals surface area contributed by atoms with Crippen molar-refractivity contribution in [3.63, 3.8) is 0 Å². The molecule has 1 saturated carbocycles. The summed E-state index contributed by atoms with van der Waals surface area (Å²) in [7, 11) is 0. The average molecular weight is 208 g/mol. The maximum atomic E-state index is 11.7. The van der Waals surface area contributed by atoms with Crippen molar-refractivity contribution in [2.45, 2.75) is 39.0 Å². The van der Waals surface area contributed by atoms with Crippen molar-refractivity contribution in [2.75, 3.05) is 6.61 Å². The minimum atomic E-state index is -0.273. The van der Waals surface area contributed by atoms with E-state index in [4.69, 9.17) is 4.74 Å². The van der Waals surface area contributed by atoms with Crippen LogP contribution in [0.1, 0.15) is 39.0 Å². The molecule has 1 atom stereocenters. The van der Waals surface area contributed by atoms with Crippen LogP contribution in [0.4, 0.5) is 0 Å². The summed E-state index contributed by atoms with van der Waals surface area (Å²) < 4.78 is 4.97. The number of ether oxygens (including phenoxy) is 1. The molecule has 2 aliphatic carbocycles. The number of carbonyl (C=O) groups is 2.